The molecule has 8 heteroatoms. The van der Waals surface area contributed by atoms with E-state index in [4.69, 9.17) is 9.47 Å². The van der Waals surface area contributed by atoms with Crippen molar-refractivity contribution in [2.75, 3.05) is 14.2 Å². The quantitative estimate of drug-likeness (QED) is 0.594. The summed E-state index contributed by atoms with van der Waals surface area (Å²) in [5.41, 5.74) is 6.00. The van der Waals surface area contributed by atoms with Crippen LogP contribution < -0.4 is 20.3 Å². The average Bonchev–Trinajstić information content (AvgIpc) is 2.87. The van der Waals surface area contributed by atoms with E-state index in [0.717, 1.165) is 0 Å². The highest BCUT2D eigenvalue weighted by molar-refractivity contribution is 6.09. The Morgan fingerprint density at radius 1 is 1.43 bits per heavy atom. The molecule has 0 bridgehead atoms. The largest absolute Gasteiger partial charge is 0.497 e. The number of hydrazone groups is 2. The number of nitrogens with zero attached hydrogens (tertiary/aromatic N) is 2. The van der Waals surface area contributed by atoms with Crippen LogP contribution in [-0.4, -0.2) is 38.0 Å². The summed E-state index contributed by atoms with van der Waals surface area (Å²) in [6.07, 6.45) is 1.46. The van der Waals surface area contributed by atoms with Crippen molar-refractivity contribution in [2.45, 2.75) is 13.3 Å². The number of hydrogen-bond donors (Lipinski definition) is 2. The van der Waals surface area contributed by atoms with Crippen LogP contribution in [0.3, 0.4) is 0 Å². The lowest BCUT2D eigenvalue weighted by Gasteiger charge is -2.07. The summed E-state index contributed by atoms with van der Waals surface area (Å²) >= 11 is 0. The fraction of sp³-hybridized carbons (Fsp3) is 0.333. The number of amides is 2. The first-order chi connectivity index (χ1) is 11.0. The lowest BCUT2D eigenvalue weighted by Crippen LogP contribution is -2.29. The topological polar surface area (TPSA) is 101 Å². The minimum atomic E-state index is -0.541. The normalized spacial score (nSPS) is 16.9. The van der Waals surface area contributed by atoms with E-state index in [2.05, 4.69) is 21.1 Å². The Balaban J connectivity index is 1.95. The van der Waals surface area contributed by atoms with Gasteiger partial charge >= 0.3 is 0 Å². The highest BCUT2D eigenvalue weighted by Crippen LogP contribution is 2.23. The molecule has 0 radical (unpaired) electrons. The van der Waals surface area contributed by atoms with E-state index >= 15 is 0 Å². The van der Waals surface area contributed by atoms with Crippen LogP contribution in [0.25, 0.3) is 0 Å². The first-order valence-electron chi connectivity index (χ1n) is 6.93. The summed E-state index contributed by atoms with van der Waals surface area (Å²) in [6, 6.07) is 5.23. The predicted molar refractivity (Wildman–Crippen MR) is 84.6 cm³/mol. The standard InChI is InChI=1S/C15H18N4O4/c1-9-12(15(21)19-17-9)7-14(20)18-16-8-10-4-5-11(22-2)6-13(10)23-3/h4-6,8,12H,7H2,1-3H3,(H,18,20)(H,19,21)/b16-8+. The van der Waals surface area contributed by atoms with Crippen LogP contribution in [0.4, 0.5) is 0 Å². The van der Waals surface area contributed by atoms with Gasteiger partial charge in [-0.05, 0) is 19.1 Å². The number of methoxy groups -OCH3 is 2. The summed E-state index contributed by atoms with van der Waals surface area (Å²) in [6.45, 7) is 1.70. The molecule has 1 unspecified atom stereocenters. The Morgan fingerprint density at radius 2 is 2.22 bits per heavy atom. The van der Waals surface area contributed by atoms with Gasteiger partial charge in [-0.2, -0.15) is 10.2 Å². The van der Waals surface area contributed by atoms with Crippen LogP contribution >= 0.6 is 0 Å². The van der Waals surface area contributed by atoms with Gasteiger partial charge in [-0.15, -0.1) is 0 Å². The molecule has 1 heterocycles. The molecule has 0 spiro atoms. The fourth-order valence-electron chi connectivity index (χ4n) is 2.06. The monoisotopic (exact) mass is 318 g/mol. The summed E-state index contributed by atoms with van der Waals surface area (Å²) < 4.78 is 10.3. The number of hydrogen-bond acceptors (Lipinski definition) is 6. The Morgan fingerprint density at radius 3 is 2.83 bits per heavy atom. The van der Waals surface area contributed by atoms with Crippen LogP contribution in [-0.2, 0) is 9.59 Å². The molecule has 2 N–H and O–H groups in total. The predicted octanol–water partition coefficient (Wildman–Crippen LogP) is 0.666. The number of ether oxygens (including phenoxy) is 2. The lowest BCUT2D eigenvalue weighted by atomic mass is 10.0. The van der Waals surface area contributed by atoms with Gasteiger partial charge in [0.15, 0.2) is 0 Å². The van der Waals surface area contributed by atoms with E-state index in [-0.39, 0.29) is 18.2 Å². The second-order valence-electron chi connectivity index (χ2n) is 4.89. The summed E-state index contributed by atoms with van der Waals surface area (Å²) in [5.74, 6) is 0.0371. The summed E-state index contributed by atoms with van der Waals surface area (Å²) in [5, 5.41) is 7.67. The summed E-state index contributed by atoms with van der Waals surface area (Å²) in [4.78, 5) is 23.3. The third kappa shape index (κ3) is 4.06. The zero-order valence-electron chi connectivity index (χ0n) is 13.1. The average molecular weight is 318 g/mol. The Kier molecular flexibility index (Phi) is 5.29. The molecule has 8 nitrogen and oxygen atoms in total. The van der Waals surface area contributed by atoms with Crippen LogP contribution in [0.1, 0.15) is 18.9 Å². The van der Waals surface area contributed by atoms with Gasteiger partial charge in [-0.1, -0.05) is 0 Å². The molecule has 1 aliphatic heterocycles. The SMILES string of the molecule is COc1ccc(/C=N/NC(=O)CC2C(=O)NN=C2C)c(OC)c1. The van der Waals surface area contributed by atoms with Gasteiger partial charge in [0.05, 0.1) is 26.4 Å². The smallest absolute Gasteiger partial charge is 0.249 e. The number of benzene rings is 1. The van der Waals surface area contributed by atoms with Crippen LogP contribution in [0.5, 0.6) is 11.5 Å². The van der Waals surface area contributed by atoms with E-state index in [1.165, 1.54) is 13.3 Å². The van der Waals surface area contributed by atoms with Crippen LogP contribution in [0.2, 0.25) is 0 Å². The molecular formula is C15H18N4O4. The fourth-order valence-corrected chi connectivity index (χ4v) is 2.06. The second-order valence-corrected chi connectivity index (χ2v) is 4.89. The molecule has 2 amide bonds. The Bertz CT molecular complexity index is 669. The number of rotatable bonds is 6. The number of carbonyl (C=O) groups excluding carboxylic acids is 2. The molecule has 0 aromatic heterocycles. The van der Waals surface area contributed by atoms with Gasteiger partial charge in [0.1, 0.15) is 11.5 Å². The van der Waals surface area contributed by atoms with Gasteiger partial charge < -0.3 is 9.47 Å². The van der Waals surface area contributed by atoms with E-state index < -0.39 is 5.92 Å². The van der Waals surface area contributed by atoms with Crippen molar-refractivity contribution >= 4 is 23.7 Å². The van der Waals surface area contributed by atoms with E-state index in [9.17, 15) is 9.59 Å². The third-order valence-corrected chi connectivity index (χ3v) is 3.39. The van der Waals surface area contributed by atoms with Crippen LogP contribution in [0, 0.1) is 5.92 Å². The van der Waals surface area contributed by atoms with Gasteiger partial charge in [-0.3, -0.25) is 9.59 Å². The molecule has 122 valence electrons. The molecule has 0 aliphatic carbocycles. The van der Waals surface area contributed by atoms with E-state index in [1.807, 2.05) is 0 Å². The molecule has 0 saturated carbocycles. The van der Waals surface area contributed by atoms with Crippen molar-refractivity contribution in [3.05, 3.63) is 23.8 Å². The number of nitrogens with one attached hydrogen (secondary N) is 2. The van der Waals surface area contributed by atoms with Gasteiger partial charge in [0.25, 0.3) is 0 Å². The maximum Gasteiger partial charge on any atom is 0.249 e. The first-order valence-corrected chi connectivity index (χ1v) is 6.93. The molecule has 23 heavy (non-hydrogen) atoms. The lowest BCUT2D eigenvalue weighted by molar-refractivity contribution is -0.127. The highest BCUT2D eigenvalue weighted by atomic mass is 16.5. The second kappa shape index (κ2) is 7.39. The zero-order valence-corrected chi connectivity index (χ0v) is 13.1. The minimum Gasteiger partial charge on any atom is -0.497 e. The molecule has 0 fully saturated rings. The van der Waals surface area contributed by atoms with Crippen LogP contribution in [0.15, 0.2) is 28.4 Å². The van der Waals surface area contributed by atoms with Crippen molar-refractivity contribution in [2.24, 2.45) is 16.1 Å². The third-order valence-electron chi connectivity index (χ3n) is 3.39. The van der Waals surface area contributed by atoms with Crippen molar-refractivity contribution < 1.29 is 19.1 Å². The zero-order chi connectivity index (χ0) is 16.8. The molecule has 1 atom stereocenters. The van der Waals surface area contributed by atoms with Crippen molar-refractivity contribution in [1.82, 2.24) is 10.9 Å². The van der Waals surface area contributed by atoms with E-state index in [0.29, 0.717) is 22.8 Å². The molecular weight excluding hydrogens is 300 g/mol. The maximum atomic E-state index is 11.8. The van der Waals surface area contributed by atoms with Crippen molar-refractivity contribution in [1.29, 1.82) is 0 Å². The minimum absolute atomic E-state index is 0.00173. The van der Waals surface area contributed by atoms with Gasteiger partial charge in [-0.25, -0.2) is 10.9 Å². The molecule has 2 rings (SSSR count). The van der Waals surface area contributed by atoms with Gasteiger partial charge in [0, 0.05) is 23.8 Å². The molecule has 1 aromatic carbocycles. The van der Waals surface area contributed by atoms with Crippen molar-refractivity contribution in [3.8, 4) is 11.5 Å². The Labute approximate surface area is 133 Å². The van der Waals surface area contributed by atoms with E-state index in [1.54, 1.807) is 32.2 Å². The molecule has 1 aliphatic rings. The summed E-state index contributed by atoms with van der Waals surface area (Å²) in [7, 11) is 3.10. The Hall–Kier alpha value is -2.90. The maximum absolute atomic E-state index is 11.8. The molecule has 1 aromatic rings. The molecule has 0 saturated heterocycles. The van der Waals surface area contributed by atoms with Gasteiger partial charge in [0.2, 0.25) is 11.8 Å². The first kappa shape index (κ1) is 16.5. The van der Waals surface area contributed by atoms with Crippen molar-refractivity contribution in [3.63, 3.8) is 0 Å². The highest BCUT2D eigenvalue weighted by Gasteiger charge is 2.28. The number of carbonyl (C=O) groups is 2.